The Bertz CT molecular complexity index is 1610. The van der Waals surface area contributed by atoms with E-state index in [4.69, 9.17) is 0 Å². The van der Waals surface area contributed by atoms with Gasteiger partial charge in [0.1, 0.15) is 5.56 Å². The summed E-state index contributed by atoms with van der Waals surface area (Å²) in [5.41, 5.74) is -0.986. The van der Waals surface area contributed by atoms with Crippen molar-refractivity contribution in [2.75, 3.05) is 0 Å². The van der Waals surface area contributed by atoms with Gasteiger partial charge >= 0.3 is 6.18 Å². The van der Waals surface area contributed by atoms with Gasteiger partial charge in [0.15, 0.2) is 0 Å². The van der Waals surface area contributed by atoms with Crippen molar-refractivity contribution in [3.05, 3.63) is 124 Å². The minimum Gasteiger partial charge on any atom is -0.348 e. The molecule has 0 aliphatic carbocycles. The number of benzene rings is 3. The minimum atomic E-state index is -4.58. The lowest BCUT2D eigenvalue weighted by Gasteiger charge is -2.14. The Morgan fingerprint density at radius 1 is 0.865 bits per heavy atom. The van der Waals surface area contributed by atoms with E-state index in [1.165, 1.54) is 48.5 Å². The van der Waals surface area contributed by atoms with E-state index in [-0.39, 0.29) is 27.6 Å². The number of carbonyl (C=O) groups is 1. The number of carbonyl (C=O) groups excluding carboxylic acids is 1. The van der Waals surface area contributed by atoms with Crippen LogP contribution in [0.2, 0.25) is 0 Å². The first-order valence-electron chi connectivity index (χ1n) is 11.1. The average molecular weight is 527 g/mol. The maximum absolute atomic E-state index is 13.1. The van der Waals surface area contributed by atoms with E-state index in [9.17, 15) is 31.2 Å². The third kappa shape index (κ3) is 5.49. The second-order valence-electron chi connectivity index (χ2n) is 8.22. The molecule has 0 fully saturated rings. The average Bonchev–Trinajstić information content (AvgIpc) is 2.88. The zero-order chi connectivity index (χ0) is 26.8. The Kier molecular flexibility index (Phi) is 7.04. The number of sulfone groups is 1. The van der Waals surface area contributed by atoms with Gasteiger partial charge in [-0.25, -0.2) is 8.42 Å². The predicted molar refractivity (Wildman–Crippen MR) is 131 cm³/mol. The summed E-state index contributed by atoms with van der Waals surface area (Å²) in [4.78, 5) is 26.1. The molecular formula is C27H21F3N2O4S. The highest BCUT2D eigenvalue weighted by Crippen LogP contribution is 2.30. The molecule has 0 unspecified atom stereocenters. The highest BCUT2D eigenvalue weighted by Gasteiger charge is 2.30. The Morgan fingerprint density at radius 2 is 1.51 bits per heavy atom. The maximum Gasteiger partial charge on any atom is 0.416 e. The maximum atomic E-state index is 13.1. The summed E-state index contributed by atoms with van der Waals surface area (Å²) in [6.07, 6.45) is -4.58. The summed E-state index contributed by atoms with van der Waals surface area (Å²) in [6.45, 7) is 1.55. The Labute approximate surface area is 210 Å². The number of pyridine rings is 1. The zero-order valence-electron chi connectivity index (χ0n) is 19.5. The van der Waals surface area contributed by atoms with Gasteiger partial charge in [0.2, 0.25) is 9.84 Å². The van der Waals surface area contributed by atoms with E-state index in [0.29, 0.717) is 11.3 Å². The highest BCUT2D eigenvalue weighted by molar-refractivity contribution is 7.91. The topological polar surface area (TPSA) is 85.2 Å². The number of hydrogen-bond acceptors (Lipinski definition) is 4. The molecule has 0 atom stereocenters. The zero-order valence-corrected chi connectivity index (χ0v) is 20.3. The number of hydrogen-bond donors (Lipinski definition) is 1. The summed E-state index contributed by atoms with van der Waals surface area (Å²) in [7, 11) is -3.69. The van der Waals surface area contributed by atoms with Gasteiger partial charge < -0.3 is 5.32 Å². The highest BCUT2D eigenvalue weighted by atomic mass is 32.2. The predicted octanol–water partition coefficient (Wildman–Crippen LogP) is 4.93. The fourth-order valence-electron chi connectivity index (χ4n) is 3.75. The first kappa shape index (κ1) is 25.9. The number of aryl methyl sites for hydroxylation is 1. The van der Waals surface area contributed by atoms with Crippen LogP contribution in [-0.2, 0) is 22.6 Å². The Balaban J connectivity index is 1.53. The second kappa shape index (κ2) is 10.1. The number of aromatic nitrogens is 1. The lowest BCUT2D eigenvalue weighted by molar-refractivity contribution is -0.137. The molecule has 37 heavy (non-hydrogen) atoms. The number of alkyl halides is 3. The molecule has 0 saturated heterocycles. The van der Waals surface area contributed by atoms with Crippen LogP contribution in [0, 0.1) is 6.92 Å². The number of amides is 1. The molecule has 1 aromatic heterocycles. The smallest absolute Gasteiger partial charge is 0.348 e. The number of nitrogens with zero attached hydrogens (tertiary/aromatic N) is 1. The van der Waals surface area contributed by atoms with Crippen LogP contribution in [0.15, 0.2) is 106 Å². The van der Waals surface area contributed by atoms with Crippen molar-refractivity contribution in [2.24, 2.45) is 0 Å². The van der Waals surface area contributed by atoms with Crippen molar-refractivity contribution < 1.29 is 26.4 Å². The van der Waals surface area contributed by atoms with E-state index in [1.54, 1.807) is 37.3 Å². The molecule has 1 amide bonds. The monoisotopic (exact) mass is 526 g/mol. The van der Waals surface area contributed by atoms with Crippen LogP contribution in [0.3, 0.4) is 0 Å². The molecule has 4 rings (SSSR count). The van der Waals surface area contributed by atoms with E-state index < -0.39 is 33.0 Å². The van der Waals surface area contributed by atoms with Crippen molar-refractivity contribution in [3.8, 4) is 5.69 Å². The first-order valence-corrected chi connectivity index (χ1v) is 12.5. The van der Waals surface area contributed by atoms with Crippen LogP contribution in [0.5, 0.6) is 0 Å². The molecule has 190 valence electrons. The van der Waals surface area contributed by atoms with E-state index >= 15 is 0 Å². The van der Waals surface area contributed by atoms with Gasteiger partial charge in [0.05, 0.1) is 15.4 Å². The van der Waals surface area contributed by atoms with Crippen LogP contribution in [0.1, 0.15) is 27.2 Å². The molecule has 3 aromatic carbocycles. The quantitative estimate of drug-likeness (QED) is 0.386. The number of nitrogens with one attached hydrogen (secondary N) is 1. The molecule has 0 spiro atoms. The van der Waals surface area contributed by atoms with Gasteiger partial charge in [0.25, 0.3) is 11.5 Å². The lowest BCUT2D eigenvalue weighted by atomic mass is 10.1. The SMILES string of the molecule is Cc1ccc(C(=O)NCc2ccc(S(=O)(=O)c3ccccc3)cc2)c(=O)n1-c1cccc(C(F)(F)F)c1. The minimum absolute atomic E-state index is 0.00136. The van der Waals surface area contributed by atoms with Crippen LogP contribution < -0.4 is 10.9 Å². The molecule has 0 bridgehead atoms. The van der Waals surface area contributed by atoms with Gasteiger partial charge in [-0.2, -0.15) is 13.2 Å². The summed E-state index contributed by atoms with van der Waals surface area (Å²) >= 11 is 0. The molecule has 4 aromatic rings. The summed E-state index contributed by atoms with van der Waals surface area (Å²) in [5, 5.41) is 2.60. The lowest BCUT2D eigenvalue weighted by Crippen LogP contribution is -2.33. The van der Waals surface area contributed by atoms with E-state index in [0.717, 1.165) is 16.7 Å². The van der Waals surface area contributed by atoms with Crippen LogP contribution in [-0.4, -0.2) is 18.9 Å². The summed E-state index contributed by atoms with van der Waals surface area (Å²) < 4.78 is 65.9. The standard InChI is InChI=1S/C27H21F3N2O4S/c1-18-10-15-24(26(34)32(18)21-7-5-6-20(16-21)27(28,29)30)25(33)31-17-19-11-13-23(14-12-19)37(35,36)22-8-3-2-4-9-22/h2-16H,17H2,1H3,(H,31,33). The van der Waals surface area contributed by atoms with Gasteiger partial charge in [-0.3, -0.25) is 14.2 Å². The van der Waals surface area contributed by atoms with Gasteiger partial charge in [0, 0.05) is 17.9 Å². The fraction of sp³-hybridized carbons (Fsp3) is 0.111. The van der Waals surface area contributed by atoms with Gasteiger partial charge in [-0.1, -0.05) is 36.4 Å². The van der Waals surface area contributed by atoms with Crippen molar-refractivity contribution >= 4 is 15.7 Å². The summed E-state index contributed by atoms with van der Waals surface area (Å²) in [5.74, 6) is -0.716. The molecular weight excluding hydrogens is 505 g/mol. The molecule has 0 saturated carbocycles. The second-order valence-corrected chi connectivity index (χ2v) is 10.2. The van der Waals surface area contributed by atoms with Crippen LogP contribution in [0.4, 0.5) is 13.2 Å². The molecule has 0 aliphatic rings. The van der Waals surface area contributed by atoms with Crippen molar-refractivity contribution in [1.82, 2.24) is 9.88 Å². The van der Waals surface area contributed by atoms with Gasteiger partial charge in [-0.15, -0.1) is 0 Å². The fourth-order valence-corrected chi connectivity index (χ4v) is 5.03. The summed E-state index contributed by atoms with van der Waals surface area (Å²) in [6, 6.07) is 21.0. The Hall–Kier alpha value is -4.18. The van der Waals surface area contributed by atoms with Gasteiger partial charge in [-0.05, 0) is 67.1 Å². The third-order valence-corrected chi connectivity index (χ3v) is 7.48. The molecule has 1 N–H and O–H groups in total. The van der Waals surface area contributed by atoms with Crippen molar-refractivity contribution in [3.63, 3.8) is 0 Å². The number of halogens is 3. The molecule has 0 radical (unpaired) electrons. The van der Waals surface area contributed by atoms with Crippen molar-refractivity contribution in [2.45, 2.75) is 29.4 Å². The van der Waals surface area contributed by atoms with Crippen LogP contribution in [0.25, 0.3) is 5.69 Å². The normalized spacial score (nSPS) is 11.8. The van der Waals surface area contributed by atoms with Crippen LogP contribution >= 0.6 is 0 Å². The molecule has 10 heteroatoms. The van der Waals surface area contributed by atoms with Crippen molar-refractivity contribution in [1.29, 1.82) is 0 Å². The number of rotatable bonds is 6. The molecule has 6 nitrogen and oxygen atoms in total. The van der Waals surface area contributed by atoms with E-state index in [1.807, 2.05) is 0 Å². The third-order valence-electron chi connectivity index (χ3n) is 5.69. The molecule has 1 heterocycles. The molecule has 0 aliphatic heterocycles. The van der Waals surface area contributed by atoms with E-state index in [2.05, 4.69) is 5.32 Å². The largest absolute Gasteiger partial charge is 0.416 e. The Morgan fingerprint density at radius 3 is 2.16 bits per heavy atom. The first-order chi connectivity index (χ1) is 17.5.